The molecule has 1 fully saturated rings. The lowest BCUT2D eigenvalue weighted by molar-refractivity contribution is 0.115. The van der Waals surface area contributed by atoms with Crippen molar-refractivity contribution in [3.05, 3.63) is 42.9 Å². The molecule has 0 amide bonds. The summed E-state index contributed by atoms with van der Waals surface area (Å²) in [5.41, 5.74) is 1.83. The normalized spacial score (nSPS) is 17.5. The molecule has 24 heavy (non-hydrogen) atoms. The summed E-state index contributed by atoms with van der Waals surface area (Å²) in [7, 11) is 0. The highest BCUT2D eigenvalue weighted by atomic mass is 16.5. The van der Waals surface area contributed by atoms with E-state index < -0.39 is 0 Å². The van der Waals surface area contributed by atoms with Gasteiger partial charge in [0, 0.05) is 19.7 Å². The quantitative estimate of drug-likeness (QED) is 0.722. The first-order valence-corrected chi connectivity index (χ1v) is 8.47. The Morgan fingerprint density at radius 3 is 2.88 bits per heavy atom. The third-order valence-electron chi connectivity index (χ3n) is 4.47. The van der Waals surface area contributed by atoms with Gasteiger partial charge in [0.25, 0.3) is 0 Å². The van der Waals surface area contributed by atoms with Gasteiger partial charge in [-0.25, -0.2) is 14.6 Å². The fourth-order valence-corrected chi connectivity index (χ4v) is 3.24. The molecule has 0 radical (unpaired) electrons. The standard InChI is InChI=1S/C18H21N5O/c1-2-22(12-15-9-6-10-24-15)17-16-11-21-23(18(16)20-13-19-17)14-7-4-3-5-8-14/h3-5,7-8,11,13,15H,2,6,9-10,12H2,1H3/t15-/m0/s1. The Bertz CT molecular complexity index is 811. The molecule has 0 spiro atoms. The van der Waals surface area contributed by atoms with E-state index in [1.165, 1.54) is 0 Å². The van der Waals surface area contributed by atoms with E-state index in [0.717, 1.165) is 55.1 Å². The molecule has 1 saturated heterocycles. The van der Waals surface area contributed by atoms with Crippen LogP contribution in [0.1, 0.15) is 19.8 Å². The number of likely N-dealkylation sites (N-methyl/N-ethyl adjacent to an activating group) is 1. The van der Waals surface area contributed by atoms with Crippen molar-refractivity contribution in [3.8, 4) is 5.69 Å². The minimum absolute atomic E-state index is 0.291. The van der Waals surface area contributed by atoms with Gasteiger partial charge >= 0.3 is 0 Å². The van der Waals surface area contributed by atoms with Crippen LogP contribution in [0.15, 0.2) is 42.9 Å². The van der Waals surface area contributed by atoms with E-state index in [1.54, 1.807) is 6.33 Å². The zero-order valence-corrected chi connectivity index (χ0v) is 13.8. The summed E-state index contributed by atoms with van der Waals surface area (Å²) in [4.78, 5) is 11.3. The highest BCUT2D eigenvalue weighted by Crippen LogP contribution is 2.26. The van der Waals surface area contributed by atoms with E-state index in [1.807, 2.05) is 41.2 Å². The topological polar surface area (TPSA) is 56.1 Å². The number of hydrogen-bond acceptors (Lipinski definition) is 5. The Kier molecular flexibility index (Phi) is 4.13. The Balaban J connectivity index is 1.72. The zero-order chi connectivity index (χ0) is 16.4. The first kappa shape index (κ1) is 15.1. The van der Waals surface area contributed by atoms with Gasteiger partial charge < -0.3 is 9.64 Å². The number of para-hydroxylation sites is 1. The van der Waals surface area contributed by atoms with Crippen LogP contribution in [-0.4, -0.2) is 45.5 Å². The van der Waals surface area contributed by atoms with E-state index >= 15 is 0 Å². The number of anilines is 1. The first-order chi connectivity index (χ1) is 11.9. The van der Waals surface area contributed by atoms with Crippen LogP contribution >= 0.6 is 0 Å². The Labute approximate surface area is 141 Å². The fourth-order valence-electron chi connectivity index (χ4n) is 3.24. The van der Waals surface area contributed by atoms with Crippen LogP contribution in [0.2, 0.25) is 0 Å². The molecular weight excluding hydrogens is 302 g/mol. The number of nitrogens with zero attached hydrogens (tertiary/aromatic N) is 5. The Hall–Kier alpha value is -2.47. The molecule has 0 N–H and O–H groups in total. The minimum atomic E-state index is 0.291. The smallest absolute Gasteiger partial charge is 0.168 e. The van der Waals surface area contributed by atoms with Crippen LogP contribution in [0.5, 0.6) is 0 Å². The SMILES string of the molecule is CCN(C[C@@H]1CCCO1)c1ncnc2c1cnn2-c1ccccc1. The van der Waals surface area contributed by atoms with Gasteiger partial charge in [0.15, 0.2) is 5.65 Å². The summed E-state index contributed by atoms with van der Waals surface area (Å²) in [5, 5.41) is 5.50. The van der Waals surface area contributed by atoms with Gasteiger partial charge in [0.2, 0.25) is 0 Å². The molecule has 124 valence electrons. The summed E-state index contributed by atoms with van der Waals surface area (Å²) in [5.74, 6) is 0.931. The van der Waals surface area contributed by atoms with Crippen LogP contribution in [-0.2, 0) is 4.74 Å². The fraction of sp³-hybridized carbons (Fsp3) is 0.389. The van der Waals surface area contributed by atoms with Gasteiger partial charge in [-0.15, -0.1) is 0 Å². The van der Waals surface area contributed by atoms with Gasteiger partial charge in [0.05, 0.1) is 23.4 Å². The Morgan fingerprint density at radius 1 is 1.25 bits per heavy atom. The van der Waals surface area contributed by atoms with Crippen molar-refractivity contribution >= 4 is 16.9 Å². The van der Waals surface area contributed by atoms with Gasteiger partial charge in [-0.1, -0.05) is 18.2 Å². The molecule has 0 aliphatic carbocycles. The van der Waals surface area contributed by atoms with Crippen LogP contribution in [0.25, 0.3) is 16.7 Å². The largest absolute Gasteiger partial charge is 0.376 e. The second kappa shape index (κ2) is 6.57. The van der Waals surface area contributed by atoms with E-state index in [4.69, 9.17) is 4.74 Å². The van der Waals surface area contributed by atoms with E-state index in [9.17, 15) is 0 Å². The average molecular weight is 323 g/mol. The summed E-state index contributed by atoms with van der Waals surface area (Å²) < 4.78 is 7.65. The molecule has 1 aliphatic rings. The number of aromatic nitrogens is 4. The predicted octanol–water partition coefficient (Wildman–Crippen LogP) is 2.82. The van der Waals surface area contributed by atoms with Crippen molar-refractivity contribution in [3.63, 3.8) is 0 Å². The second-order valence-electron chi connectivity index (χ2n) is 6.00. The van der Waals surface area contributed by atoms with Crippen molar-refractivity contribution in [1.29, 1.82) is 0 Å². The molecule has 2 aromatic heterocycles. The summed E-state index contributed by atoms with van der Waals surface area (Å²) >= 11 is 0. The van der Waals surface area contributed by atoms with Crippen LogP contribution < -0.4 is 4.90 Å². The molecule has 4 rings (SSSR count). The van der Waals surface area contributed by atoms with Crippen molar-refractivity contribution in [2.24, 2.45) is 0 Å². The maximum atomic E-state index is 5.79. The van der Waals surface area contributed by atoms with Crippen molar-refractivity contribution in [2.45, 2.75) is 25.9 Å². The molecule has 0 saturated carbocycles. The van der Waals surface area contributed by atoms with Gasteiger partial charge in [-0.3, -0.25) is 0 Å². The molecule has 3 heterocycles. The first-order valence-electron chi connectivity index (χ1n) is 8.47. The molecule has 1 atom stereocenters. The van der Waals surface area contributed by atoms with Crippen molar-refractivity contribution in [1.82, 2.24) is 19.7 Å². The van der Waals surface area contributed by atoms with E-state index in [0.29, 0.717) is 6.10 Å². The molecule has 6 heteroatoms. The van der Waals surface area contributed by atoms with Gasteiger partial charge in [-0.05, 0) is 31.9 Å². The monoisotopic (exact) mass is 323 g/mol. The average Bonchev–Trinajstić information content (AvgIpc) is 3.30. The lowest BCUT2D eigenvalue weighted by Gasteiger charge is -2.25. The number of ether oxygens (including phenoxy) is 1. The molecule has 0 bridgehead atoms. The summed E-state index contributed by atoms with van der Waals surface area (Å²) in [6, 6.07) is 10.0. The van der Waals surface area contributed by atoms with E-state index in [-0.39, 0.29) is 0 Å². The maximum Gasteiger partial charge on any atom is 0.168 e. The number of benzene rings is 1. The molecular formula is C18H21N5O. The second-order valence-corrected chi connectivity index (χ2v) is 6.00. The molecule has 3 aromatic rings. The minimum Gasteiger partial charge on any atom is -0.376 e. The zero-order valence-electron chi connectivity index (χ0n) is 13.8. The third-order valence-corrected chi connectivity index (χ3v) is 4.47. The van der Waals surface area contributed by atoms with Gasteiger partial charge in [-0.2, -0.15) is 5.10 Å². The number of rotatable bonds is 5. The van der Waals surface area contributed by atoms with Crippen molar-refractivity contribution < 1.29 is 4.74 Å². The summed E-state index contributed by atoms with van der Waals surface area (Å²) in [6.07, 6.45) is 6.04. The van der Waals surface area contributed by atoms with Crippen molar-refractivity contribution in [2.75, 3.05) is 24.6 Å². The molecule has 0 unspecified atom stereocenters. The number of fused-ring (bicyclic) bond motifs is 1. The third kappa shape index (κ3) is 2.73. The molecule has 1 aromatic carbocycles. The lowest BCUT2D eigenvalue weighted by Crippen LogP contribution is -2.32. The predicted molar refractivity (Wildman–Crippen MR) is 93.5 cm³/mol. The number of hydrogen-bond donors (Lipinski definition) is 0. The highest BCUT2D eigenvalue weighted by Gasteiger charge is 2.21. The van der Waals surface area contributed by atoms with Crippen LogP contribution in [0.3, 0.4) is 0 Å². The molecule has 1 aliphatic heterocycles. The maximum absolute atomic E-state index is 5.79. The lowest BCUT2D eigenvalue weighted by atomic mass is 10.2. The highest BCUT2D eigenvalue weighted by molar-refractivity contribution is 5.87. The van der Waals surface area contributed by atoms with Crippen LogP contribution in [0, 0.1) is 0 Å². The summed E-state index contributed by atoms with van der Waals surface area (Å²) in [6.45, 7) is 4.75. The molecule has 6 nitrogen and oxygen atoms in total. The Morgan fingerprint density at radius 2 is 2.12 bits per heavy atom. The van der Waals surface area contributed by atoms with Crippen LogP contribution in [0.4, 0.5) is 5.82 Å². The van der Waals surface area contributed by atoms with Gasteiger partial charge in [0.1, 0.15) is 12.1 Å². The van der Waals surface area contributed by atoms with E-state index in [2.05, 4.69) is 26.9 Å².